The lowest BCUT2D eigenvalue weighted by Gasteiger charge is -2.17. The van der Waals surface area contributed by atoms with Gasteiger partial charge in [0, 0.05) is 19.5 Å². The number of halogens is 1. The highest BCUT2D eigenvalue weighted by Crippen LogP contribution is 2.17. The number of rotatable bonds is 7. The minimum atomic E-state index is -3.39. The Kier molecular flexibility index (Phi) is 6.49. The summed E-state index contributed by atoms with van der Waals surface area (Å²) in [6, 6.07) is 6.78. The summed E-state index contributed by atoms with van der Waals surface area (Å²) in [5.41, 5.74) is 0.815. The molecule has 0 spiro atoms. The molecule has 0 N–H and O–H groups in total. The van der Waals surface area contributed by atoms with Crippen molar-refractivity contribution in [1.82, 2.24) is 4.31 Å². The van der Waals surface area contributed by atoms with E-state index >= 15 is 0 Å². The molecule has 1 aromatic carbocycles. The smallest absolute Gasteiger partial charge is 0.207 e. The van der Waals surface area contributed by atoms with Gasteiger partial charge >= 0.3 is 0 Å². The van der Waals surface area contributed by atoms with Crippen LogP contribution in [0.25, 0.3) is 0 Å². The number of hydrogen-bond donors (Lipinski definition) is 0. The van der Waals surface area contributed by atoms with Crippen LogP contribution in [0.4, 0.5) is 0 Å². The summed E-state index contributed by atoms with van der Waals surface area (Å²) in [5.74, 6) is 1.28. The quantitative estimate of drug-likeness (QED) is 0.574. The average Bonchev–Trinajstić information content (AvgIpc) is 2.39. The van der Waals surface area contributed by atoms with Gasteiger partial charge in [0.1, 0.15) is 0 Å². The number of alkyl halides is 1. The molecule has 0 atom stereocenters. The zero-order valence-electron chi connectivity index (χ0n) is 10.6. The lowest BCUT2D eigenvalue weighted by atomic mass is 10.2. The topological polar surface area (TPSA) is 37.4 Å². The molecule has 0 saturated heterocycles. The van der Waals surface area contributed by atoms with E-state index in [0.29, 0.717) is 17.3 Å². The molecule has 6 heteroatoms. The zero-order chi connectivity index (χ0) is 13.6. The Balaban J connectivity index is 2.84. The van der Waals surface area contributed by atoms with Gasteiger partial charge in [0.2, 0.25) is 10.0 Å². The van der Waals surface area contributed by atoms with Crippen LogP contribution in [-0.4, -0.2) is 38.3 Å². The fourth-order valence-corrected chi connectivity index (χ4v) is 3.38. The van der Waals surface area contributed by atoms with Crippen LogP contribution in [0.2, 0.25) is 0 Å². The number of thioether (sulfide) groups is 1. The van der Waals surface area contributed by atoms with E-state index in [1.807, 2.05) is 12.3 Å². The SMILES string of the molecule is CSCCCN(C)S(=O)(=O)c1cccc(CCl)c1. The van der Waals surface area contributed by atoms with Gasteiger partial charge in [-0.25, -0.2) is 12.7 Å². The predicted octanol–water partition coefficient (Wildman–Crippen LogP) is 2.80. The average molecular weight is 308 g/mol. The zero-order valence-corrected chi connectivity index (χ0v) is 13.0. The van der Waals surface area contributed by atoms with E-state index in [9.17, 15) is 8.42 Å². The molecule has 0 radical (unpaired) electrons. The van der Waals surface area contributed by atoms with Crippen LogP contribution in [0, 0.1) is 0 Å². The van der Waals surface area contributed by atoms with E-state index in [-0.39, 0.29) is 0 Å². The first-order valence-corrected chi connectivity index (χ1v) is 8.99. The molecule has 0 fully saturated rings. The first-order valence-electron chi connectivity index (χ1n) is 5.62. The van der Waals surface area contributed by atoms with Crippen molar-refractivity contribution >= 4 is 33.4 Å². The Morgan fingerprint density at radius 2 is 2.11 bits per heavy atom. The molecular weight excluding hydrogens is 290 g/mol. The van der Waals surface area contributed by atoms with E-state index in [1.54, 1.807) is 37.0 Å². The van der Waals surface area contributed by atoms with E-state index < -0.39 is 10.0 Å². The second-order valence-electron chi connectivity index (χ2n) is 3.95. The van der Waals surface area contributed by atoms with Gasteiger partial charge in [-0.3, -0.25) is 0 Å². The van der Waals surface area contributed by atoms with Gasteiger partial charge in [-0.05, 0) is 36.1 Å². The number of benzene rings is 1. The molecule has 0 aromatic heterocycles. The van der Waals surface area contributed by atoms with Crippen LogP contribution in [0.15, 0.2) is 29.2 Å². The van der Waals surface area contributed by atoms with Crippen molar-refractivity contribution in [2.45, 2.75) is 17.2 Å². The van der Waals surface area contributed by atoms with Crippen molar-refractivity contribution in [2.75, 3.05) is 25.6 Å². The highest BCUT2D eigenvalue weighted by Gasteiger charge is 2.20. The van der Waals surface area contributed by atoms with Gasteiger partial charge in [0.25, 0.3) is 0 Å². The number of hydrogen-bond acceptors (Lipinski definition) is 3. The second-order valence-corrected chi connectivity index (χ2v) is 7.25. The van der Waals surface area contributed by atoms with Crippen LogP contribution < -0.4 is 0 Å². The predicted molar refractivity (Wildman–Crippen MR) is 78.8 cm³/mol. The summed E-state index contributed by atoms with van der Waals surface area (Å²) in [6.07, 6.45) is 2.87. The van der Waals surface area contributed by atoms with E-state index in [0.717, 1.165) is 17.7 Å². The van der Waals surface area contributed by atoms with Crippen LogP contribution in [-0.2, 0) is 15.9 Å². The van der Waals surface area contributed by atoms with E-state index in [4.69, 9.17) is 11.6 Å². The van der Waals surface area contributed by atoms with Crippen molar-refractivity contribution in [1.29, 1.82) is 0 Å². The van der Waals surface area contributed by atoms with Gasteiger partial charge in [-0.15, -0.1) is 11.6 Å². The van der Waals surface area contributed by atoms with E-state index in [2.05, 4.69) is 0 Å². The van der Waals surface area contributed by atoms with Crippen molar-refractivity contribution in [3.8, 4) is 0 Å². The lowest BCUT2D eigenvalue weighted by Crippen LogP contribution is -2.28. The molecular formula is C12H18ClNO2S2. The van der Waals surface area contributed by atoms with Gasteiger partial charge in [-0.1, -0.05) is 12.1 Å². The molecule has 0 aliphatic carbocycles. The van der Waals surface area contributed by atoms with Gasteiger partial charge < -0.3 is 0 Å². The van der Waals surface area contributed by atoms with Gasteiger partial charge in [0.05, 0.1) is 4.90 Å². The largest absolute Gasteiger partial charge is 0.242 e. The lowest BCUT2D eigenvalue weighted by molar-refractivity contribution is 0.469. The third kappa shape index (κ3) is 4.16. The monoisotopic (exact) mass is 307 g/mol. The standard InChI is InChI=1S/C12H18ClNO2S2/c1-14(7-4-8-17-2)18(15,16)12-6-3-5-11(9-12)10-13/h3,5-6,9H,4,7-8,10H2,1-2H3. The molecule has 0 heterocycles. The van der Waals surface area contributed by atoms with Crippen molar-refractivity contribution in [3.05, 3.63) is 29.8 Å². The van der Waals surface area contributed by atoms with E-state index in [1.165, 1.54) is 4.31 Å². The first-order chi connectivity index (χ1) is 8.52. The van der Waals surface area contributed by atoms with Crippen LogP contribution in [0.1, 0.15) is 12.0 Å². The molecule has 0 aliphatic heterocycles. The molecule has 0 amide bonds. The summed E-state index contributed by atoms with van der Waals surface area (Å²) in [4.78, 5) is 0.312. The second kappa shape index (κ2) is 7.38. The fraction of sp³-hybridized carbons (Fsp3) is 0.500. The van der Waals surface area contributed by atoms with Gasteiger partial charge in [-0.2, -0.15) is 11.8 Å². The van der Waals surface area contributed by atoms with Crippen molar-refractivity contribution in [2.24, 2.45) is 0 Å². The molecule has 0 bridgehead atoms. The maximum absolute atomic E-state index is 12.3. The Morgan fingerprint density at radius 3 is 2.72 bits per heavy atom. The highest BCUT2D eigenvalue weighted by molar-refractivity contribution is 7.98. The minimum Gasteiger partial charge on any atom is -0.207 e. The Hall–Kier alpha value is -0.230. The molecule has 3 nitrogen and oxygen atoms in total. The third-order valence-electron chi connectivity index (χ3n) is 2.58. The number of nitrogens with zero attached hydrogens (tertiary/aromatic N) is 1. The molecule has 1 rings (SSSR count). The summed E-state index contributed by atoms with van der Waals surface area (Å²) >= 11 is 7.44. The summed E-state index contributed by atoms with van der Waals surface area (Å²) in [6.45, 7) is 0.536. The van der Waals surface area contributed by atoms with Crippen LogP contribution >= 0.6 is 23.4 Å². The van der Waals surface area contributed by atoms with Crippen molar-refractivity contribution in [3.63, 3.8) is 0 Å². The summed E-state index contributed by atoms with van der Waals surface area (Å²) in [5, 5.41) is 0. The van der Waals surface area contributed by atoms with Crippen LogP contribution in [0.3, 0.4) is 0 Å². The third-order valence-corrected chi connectivity index (χ3v) is 5.44. The normalized spacial score (nSPS) is 12.0. The number of sulfonamides is 1. The fourth-order valence-electron chi connectivity index (χ4n) is 1.52. The maximum atomic E-state index is 12.3. The molecule has 1 aromatic rings. The van der Waals surface area contributed by atoms with Crippen LogP contribution in [0.5, 0.6) is 0 Å². The van der Waals surface area contributed by atoms with Gasteiger partial charge in [0.15, 0.2) is 0 Å². The molecule has 0 unspecified atom stereocenters. The molecule has 102 valence electrons. The molecule has 0 aliphatic rings. The Labute approximate surface area is 119 Å². The molecule has 18 heavy (non-hydrogen) atoms. The Bertz CT molecular complexity index is 477. The highest BCUT2D eigenvalue weighted by atomic mass is 35.5. The maximum Gasteiger partial charge on any atom is 0.242 e. The minimum absolute atomic E-state index is 0.312. The Morgan fingerprint density at radius 1 is 1.39 bits per heavy atom. The summed E-state index contributed by atoms with van der Waals surface area (Å²) < 4.78 is 25.9. The van der Waals surface area contributed by atoms with Crippen molar-refractivity contribution < 1.29 is 8.42 Å². The summed E-state index contributed by atoms with van der Waals surface area (Å²) in [7, 11) is -1.77. The first kappa shape index (κ1) is 15.8. The molecule has 0 saturated carbocycles.